The van der Waals surface area contributed by atoms with Gasteiger partial charge in [0, 0.05) is 19.6 Å². The summed E-state index contributed by atoms with van der Waals surface area (Å²) in [7, 11) is 0. The first-order chi connectivity index (χ1) is 11.7. The third-order valence-electron chi connectivity index (χ3n) is 4.16. The molecule has 2 amide bonds. The zero-order chi connectivity index (χ0) is 18.4. The van der Waals surface area contributed by atoms with Gasteiger partial charge in [-0.1, -0.05) is 24.3 Å². The summed E-state index contributed by atoms with van der Waals surface area (Å²) < 4.78 is 5.77. The van der Waals surface area contributed by atoms with Crippen LogP contribution in [-0.4, -0.2) is 40.7 Å². The van der Waals surface area contributed by atoms with E-state index >= 15 is 0 Å². The maximum atomic E-state index is 12.3. The van der Waals surface area contributed by atoms with Crippen molar-refractivity contribution in [2.24, 2.45) is 5.92 Å². The minimum Gasteiger partial charge on any atom is -0.481 e. The number of carboxylic acid groups (broad SMARTS) is 1. The molecule has 1 aromatic carbocycles. The van der Waals surface area contributed by atoms with Crippen LogP contribution in [0, 0.1) is 5.92 Å². The van der Waals surface area contributed by atoms with Crippen LogP contribution >= 0.6 is 0 Å². The summed E-state index contributed by atoms with van der Waals surface area (Å²) in [6.45, 7) is 7.87. The van der Waals surface area contributed by atoms with Crippen LogP contribution in [0.2, 0.25) is 0 Å². The van der Waals surface area contributed by atoms with Crippen molar-refractivity contribution in [3.8, 4) is 0 Å². The number of carboxylic acids is 1. The summed E-state index contributed by atoms with van der Waals surface area (Å²) in [5.74, 6) is -1.29. The van der Waals surface area contributed by atoms with E-state index in [-0.39, 0.29) is 18.2 Å². The first kappa shape index (κ1) is 19.2. The van der Waals surface area contributed by atoms with Crippen LogP contribution < -0.4 is 5.32 Å². The number of aliphatic carboxylic acids is 1. The highest BCUT2D eigenvalue weighted by Crippen LogP contribution is 2.17. The molecule has 1 aromatic rings. The van der Waals surface area contributed by atoms with Crippen LogP contribution in [0.5, 0.6) is 0 Å². The SMILES string of the molecule is CC(C)(C)OCc1cccc(CNC(=O)N2CCCC(C(=O)O)C2)c1. The Morgan fingerprint density at radius 3 is 2.72 bits per heavy atom. The highest BCUT2D eigenvalue weighted by Gasteiger charge is 2.27. The predicted molar refractivity (Wildman–Crippen MR) is 95.2 cm³/mol. The molecule has 0 radical (unpaired) electrons. The average molecular weight is 348 g/mol. The molecule has 0 aromatic heterocycles. The van der Waals surface area contributed by atoms with Crippen LogP contribution in [0.1, 0.15) is 44.7 Å². The van der Waals surface area contributed by atoms with Crippen molar-refractivity contribution in [1.29, 1.82) is 0 Å². The molecule has 1 heterocycles. The Bertz CT molecular complexity index is 610. The average Bonchev–Trinajstić information content (AvgIpc) is 2.58. The smallest absolute Gasteiger partial charge is 0.317 e. The summed E-state index contributed by atoms with van der Waals surface area (Å²) in [6, 6.07) is 7.71. The lowest BCUT2D eigenvalue weighted by molar-refractivity contribution is -0.143. The number of likely N-dealkylation sites (tertiary alicyclic amines) is 1. The Morgan fingerprint density at radius 1 is 1.32 bits per heavy atom. The monoisotopic (exact) mass is 348 g/mol. The Morgan fingerprint density at radius 2 is 2.04 bits per heavy atom. The van der Waals surface area contributed by atoms with E-state index < -0.39 is 11.9 Å². The number of nitrogens with zero attached hydrogens (tertiary/aromatic N) is 1. The molecule has 1 saturated heterocycles. The van der Waals surface area contributed by atoms with E-state index in [1.807, 2.05) is 45.0 Å². The van der Waals surface area contributed by atoms with Gasteiger partial charge in [0.1, 0.15) is 0 Å². The first-order valence-corrected chi connectivity index (χ1v) is 8.72. The van der Waals surface area contributed by atoms with Gasteiger partial charge in [0.15, 0.2) is 0 Å². The minimum absolute atomic E-state index is 0.195. The molecule has 1 aliphatic heterocycles. The summed E-state index contributed by atoms with van der Waals surface area (Å²) >= 11 is 0. The number of carbonyl (C=O) groups excluding carboxylic acids is 1. The molecule has 0 bridgehead atoms. The third-order valence-corrected chi connectivity index (χ3v) is 4.16. The van der Waals surface area contributed by atoms with E-state index in [1.165, 1.54) is 0 Å². The number of hydrogen-bond acceptors (Lipinski definition) is 3. The van der Waals surface area contributed by atoms with Crippen molar-refractivity contribution < 1.29 is 19.4 Å². The lowest BCUT2D eigenvalue weighted by atomic mass is 9.99. The molecule has 1 aliphatic rings. The van der Waals surface area contributed by atoms with Crippen molar-refractivity contribution in [1.82, 2.24) is 10.2 Å². The molecule has 1 fully saturated rings. The second-order valence-electron chi connectivity index (χ2n) is 7.50. The molecule has 1 atom stereocenters. The number of nitrogens with one attached hydrogen (secondary N) is 1. The van der Waals surface area contributed by atoms with Crippen molar-refractivity contribution in [2.45, 2.75) is 52.4 Å². The number of hydrogen-bond donors (Lipinski definition) is 2. The Labute approximate surface area is 149 Å². The zero-order valence-electron chi connectivity index (χ0n) is 15.2. The second-order valence-corrected chi connectivity index (χ2v) is 7.50. The van der Waals surface area contributed by atoms with Gasteiger partial charge in [-0.2, -0.15) is 0 Å². The van der Waals surface area contributed by atoms with Gasteiger partial charge in [-0.25, -0.2) is 4.79 Å². The Hall–Kier alpha value is -2.08. The van der Waals surface area contributed by atoms with Crippen LogP contribution in [0.3, 0.4) is 0 Å². The fourth-order valence-corrected chi connectivity index (χ4v) is 2.78. The van der Waals surface area contributed by atoms with E-state index in [9.17, 15) is 9.59 Å². The second kappa shape index (κ2) is 8.34. The van der Waals surface area contributed by atoms with Crippen LogP contribution in [0.4, 0.5) is 4.79 Å². The largest absolute Gasteiger partial charge is 0.481 e. The predicted octanol–water partition coefficient (Wildman–Crippen LogP) is 3.01. The molecule has 0 aliphatic carbocycles. The fraction of sp³-hybridized carbons (Fsp3) is 0.579. The zero-order valence-corrected chi connectivity index (χ0v) is 15.2. The quantitative estimate of drug-likeness (QED) is 0.857. The molecule has 25 heavy (non-hydrogen) atoms. The van der Waals surface area contributed by atoms with E-state index in [2.05, 4.69) is 5.32 Å². The summed E-state index contributed by atoms with van der Waals surface area (Å²) in [5.41, 5.74) is 1.86. The summed E-state index contributed by atoms with van der Waals surface area (Å²) in [4.78, 5) is 25.0. The summed E-state index contributed by atoms with van der Waals surface area (Å²) in [6.07, 6.45) is 1.36. The number of rotatable bonds is 5. The van der Waals surface area contributed by atoms with Gasteiger partial charge < -0.3 is 20.1 Å². The lowest BCUT2D eigenvalue weighted by Crippen LogP contribution is -2.46. The van der Waals surface area contributed by atoms with E-state index in [0.29, 0.717) is 26.1 Å². The summed E-state index contributed by atoms with van der Waals surface area (Å²) in [5, 5.41) is 12.0. The van der Waals surface area contributed by atoms with Gasteiger partial charge >= 0.3 is 12.0 Å². The number of ether oxygens (including phenoxy) is 1. The van der Waals surface area contributed by atoms with Gasteiger partial charge in [-0.3, -0.25) is 4.79 Å². The van der Waals surface area contributed by atoms with Gasteiger partial charge in [0.25, 0.3) is 0 Å². The molecular weight excluding hydrogens is 320 g/mol. The number of urea groups is 1. The molecule has 6 nitrogen and oxygen atoms in total. The first-order valence-electron chi connectivity index (χ1n) is 8.72. The fourth-order valence-electron chi connectivity index (χ4n) is 2.78. The van der Waals surface area contributed by atoms with Crippen LogP contribution in [0.15, 0.2) is 24.3 Å². The van der Waals surface area contributed by atoms with Gasteiger partial charge in [-0.05, 0) is 44.7 Å². The van der Waals surface area contributed by atoms with Crippen molar-refractivity contribution in [3.05, 3.63) is 35.4 Å². The minimum atomic E-state index is -0.830. The molecule has 2 rings (SSSR count). The topological polar surface area (TPSA) is 78.9 Å². The number of carbonyl (C=O) groups is 2. The highest BCUT2D eigenvalue weighted by molar-refractivity contribution is 5.76. The number of amides is 2. The molecule has 0 saturated carbocycles. The van der Waals surface area contributed by atoms with Gasteiger partial charge in [0.2, 0.25) is 0 Å². The maximum absolute atomic E-state index is 12.3. The molecule has 1 unspecified atom stereocenters. The normalized spacial score (nSPS) is 18.0. The lowest BCUT2D eigenvalue weighted by Gasteiger charge is -2.30. The number of piperidine rings is 1. The Balaban J connectivity index is 1.86. The third kappa shape index (κ3) is 6.38. The molecule has 6 heteroatoms. The van der Waals surface area contributed by atoms with E-state index in [1.54, 1.807) is 4.90 Å². The van der Waals surface area contributed by atoms with Crippen molar-refractivity contribution >= 4 is 12.0 Å². The van der Waals surface area contributed by atoms with Crippen molar-refractivity contribution in [3.63, 3.8) is 0 Å². The Kier molecular flexibility index (Phi) is 6.42. The molecule has 2 N–H and O–H groups in total. The van der Waals surface area contributed by atoms with E-state index in [0.717, 1.165) is 17.5 Å². The maximum Gasteiger partial charge on any atom is 0.317 e. The molecule has 138 valence electrons. The van der Waals surface area contributed by atoms with Gasteiger partial charge in [-0.15, -0.1) is 0 Å². The van der Waals surface area contributed by atoms with Gasteiger partial charge in [0.05, 0.1) is 18.1 Å². The highest BCUT2D eigenvalue weighted by atomic mass is 16.5. The van der Waals surface area contributed by atoms with E-state index in [4.69, 9.17) is 9.84 Å². The standard InChI is InChI=1S/C19H28N2O4/c1-19(2,3)25-13-15-7-4-6-14(10-15)11-20-18(24)21-9-5-8-16(12-21)17(22)23/h4,6-7,10,16H,5,8-9,11-13H2,1-3H3,(H,20,24)(H,22,23). The van der Waals surface area contributed by atoms with Crippen LogP contribution in [0.25, 0.3) is 0 Å². The van der Waals surface area contributed by atoms with Crippen LogP contribution in [-0.2, 0) is 22.7 Å². The molecule has 0 spiro atoms. The number of benzene rings is 1. The van der Waals surface area contributed by atoms with Crippen molar-refractivity contribution in [2.75, 3.05) is 13.1 Å². The molecular formula is C19H28N2O4.